The van der Waals surface area contributed by atoms with E-state index < -0.39 is 0 Å². The van der Waals surface area contributed by atoms with Crippen LogP contribution in [-0.4, -0.2) is 30.5 Å². The molecular formula is C23H23N3O2. The number of amides is 1. The van der Waals surface area contributed by atoms with Crippen LogP contribution in [-0.2, 0) is 6.42 Å². The third kappa shape index (κ3) is 3.83. The zero-order valence-electron chi connectivity index (χ0n) is 15.7. The second kappa shape index (κ2) is 8.13. The first kappa shape index (κ1) is 18.0. The second-order valence-corrected chi connectivity index (χ2v) is 6.96. The highest BCUT2D eigenvalue weighted by Gasteiger charge is 2.17. The average Bonchev–Trinajstić information content (AvgIpc) is 3.15. The summed E-state index contributed by atoms with van der Waals surface area (Å²) in [5.41, 5.74) is 4.07. The molecule has 0 saturated carbocycles. The molecule has 0 saturated heterocycles. The Morgan fingerprint density at radius 2 is 1.79 bits per heavy atom. The largest absolute Gasteiger partial charge is 0.371 e. The van der Waals surface area contributed by atoms with E-state index in [0.717, 1.165) is 31.5 Å². The van der Waals surface area contributed by atoms with Gasteiger partial charge in [-0.3, -0.25) is 9.59 Å². The van der Waals surface area contributed by atoms with Gasteiger partial charge in [-0.2, -0.15) is 0 Å². The van der Waals surface area contributed by atoms with Crippen molar-refractivity contribution in [3.8, 4) is 11.3 Å². The summed E-state index contributed by atoms with van der Waals surface area (Å²) in [7, 11) is 0. The van der Waals surface area contributed by atoms with E-state index in [2.05, 4.69) is 39.5 Å². The molecule has 1 aliphatic rings. The van der Waals surface area contributed by atoms with Crippen LogP contribution in [0.5, 0.6) is 0 Å². The molecule has 0 radical (unpaired) electrons. The lowest BCUT2D eigenvalue weighted by atomic mass is 10.1. The van der Waals surface area contributed by atoms with Gasteiger partial charge in [0.1, 0.15) is 5.56 Å². The van der Waals surface area contributed by atoms with Crippen molar-refractivity contribution in [1.82, 2.24) is 10.3 Å². The number of nitrogens with one attached hydrogen (secondary N) is 2. The van der Waals surface area contributed by atoms with Crippen molar-refractivity contribution in [1.29, 1.82) is 0 Å². The van der Waals surface area contributed by atoms with Gasteiger partial charge in [-0.05, 0) is 42.2 Å². The van der Waals surface area contributed by atoms with Gasteiger partial charge in [-0.1, -0.05) is 48.5 Å². The lowest BCUT2D eigenvalue weighted by molar-refractivity contribution is 0.0952. The molecule has 1 aliphatic heterocycles. The Hall–Kier alpha value is -3.34. The van der Waals surface area contributed by atoms with E-state index in [-0.39, 0.29) is 17.0 Å². The summed E-state index contributed by atoms with van der Waals surface area (Å²) in [6.07, 6.45) is 1.91. The Balaban J connectivity index is 1.31. The first-order valence-electron chi connectivity index (χ1n) is 9.62. The minimum atomic E-state index is -0.368. The van der Waals surface area contributed by atoms with Gasteiger partial charge < -0.3 is 15.2 Å². The predicted molar refractivity (Wildman–Crippen MR) is 112 cm³/mol. The number of carbonyl (C=O) groups excluding carboxylic acids is 1. The molecule has 1 aromatic heterocycles. The zero-order chi connectivity index (χ0) is 19.3. The Kier molecular flexibility index (Phi) is 5.24. The predicted octanol–water partition coefficient (Wildman–Crippen LogP) is 3.22. The maximum absolute atomic E-state index is 12.4. The van der Waals surface area contributed by atoms with Gasteiger partial charge in [-0.25, -0.2) is 0 Å². The molecule has 0 bridgehead atoms. The van der Waals surface area contributed by atoms with E-state index in [1.54, 1.807) is 12.1 Å². The highest BCUT2D eigenvalue weighted by Crippen LogP contribution is 2.27. The molecule has 2 aromatic carbocycles. The topological polar surface area (TPSA) is 65.2 Å². The van der Waals surface area contributed by atoms with Crippen molar-refractivity contribution in [2.45, 2.75) is 12.8 Å². The smallest absolute Gasteiger partial charge is 0.261 e. The molecule has 3 aromatic rings. The maximum Gasteiger partial charge on any atom is 0.261 e. The third-order valence-electron chi connectivity index (χ3n) is 5.11. The molecule has 142 valence electrons. The van der Waals surface area contributed by atoms with E-state index in [1.165, 1.54) is 11.3 Å². The molecule has 0 fully saturated rings. The van der Waals surface area contributed by atoms with E-state index in [9.17, 15) is 9.59 Å². The average molecular weight is 373 g/mol. The molecule has 1 amide bonds. The number of pyridine rings is 1. The first-order chi connectivity index (χ1) is 13.7. The summed E-state index contributed by atoms with van der Waals surface area (Å²) >= 11 is 0. The highest BCUT2D eigenvalue weighted by molar-refractivity contribution is 5.94. The van der Waals surface area contributed by atoms with Crippen molar-refractivity contribution in [2.75, 3.05) is 24.5 Å². The minimum Gasteiger partial charge on any atom is -0.371 e. The Morgan fingerprint density at radius 1 is 1.00 bits per heavy atom. The first-order valence-corrected chi connectivity index (χ1v) is 9.62. The molecule has 2 heterocycles. The van der Waals surface area contributed by atoms with Crippen molar-refractivity contribution < 1.29 is 4.79 Å². The molecule has 0 unspecified atom stereocenters. The normalized spacial score (nSPS) is 12.6. The van der Waals surface area contributed by atoms with Crippen LogP contribution in [0.3, 0.4) is 0 Å². The molecule has 0 spiro atoms. The number of carbonyl (C=O) groups is 1. The van der Waals surface area contributed by atoms with Gasteiger partial charge in [0.2, 0.25) is 0 Å². The number of fused-ring (bicyclic) bond motifs is 1. The molecular weight excluding hydrogens is 350 g/mol. The van der Waals surface area contributed by atoms with Crippen molar-refractivity contribution in [2.24, 2.45) is 0 Å². The number of anilines is 1. The standard InChI is InChI=1S/C23H23N3O2/c27-22(19-11-12-20(25-23(19)28)17-7-2-1-3-8-17)24-14-6-15-26-16-13-18-9-4-5-10-21(18)26/h1-5,7-12H,6,13-16H2,(H,24,27)(H,25,28). The third-order valence-corrected chi connectivity index (χ3v) is 5.11. The number of benzene rings is 2. The van der Waals surface area contributed by atoms with E-state index >= 15 is 0 Å². The molecule has 0 aliphatic carbocycles. The van der Waals surface area contributed by atoms with Crippen molar-refractivity contribution in [3.63, 3.8) is 0 Å². The second-order valence-electron chi connectivity index (χ2n) is 6.96. The van der Waals surface area contributed by atoms with Gasteiger partial charge in [0, 0.05) is 31.0 Å². The molecule has 5 heteroatoms. The number of para-hydroxylation sites is 1. The number of hydrogen-bond acceptors (Lipinski definition) is 3. The van der Waals surface area contributed by atoms with Gasteiger partial charge in [0.15, 0.2) is 0 Å². The van der Waals surface area contributed by atoms with Crippen LogP contribution in [0, 0.1) is 0 Å². The minimum absolute atomic E-state index is 0.145. The number of H-pyrrole nitrogens is 1. The number of nitrogens with zero attached hydrogens (tertiary/aromatic N) is 1. The quantitative estimate of drug-likeness (QED) is 0.652. The number of aromatic amines is 1. The highest BCUT2D eigenvalue weighted by atomic mass is 16.2. The van der Waals surface area contributed by atoms with Crippen molar-refractivity contribution >= 4 is 11.6 Å². The summed E-state index contributed by atoms with van der Waals surface area (Å²) in [5, 5.41) is 2.86. The van der Waals surface area contributed by atoms with Crippen LogP contribution in [0.2, 0.25) is 0 Å². The van der Waals surface area contributed by atoms with E-state index in [0.29, 0.717) is 12.2 Å². The number of aromatic nitrogens is 1. The van der Waals surface area contributed by atoms with Crippen LogP contribution >= 0.6 is 0 Å². The van der Waals surface area contributed by atoms with Crippen LogP contribution in [0.1, 0.15) is 22.3 Å². The van der Waals surface area contributed by atoms with Gasteiger partial charge in [-0.15, -0.1) is 0 Å². The summed E-state index contributed by atoms with van der Waals surface area (Å²) in [6, 6.07) is 21.4. The fourth-order valence-electron chi connectivity index (χ4n) is 3.64. The maximum atomic E-state index is 12.4. The Labute approximate surface area is 164 Å². The lowest BCUT2D eigenvalue weighted by Gasteiger charge is -2.19. The Morgan fingerprint density at radius 3 is 2.61 bits per heavy atom. The molecule has 4 rings (SSSR count). The van der Waals surface area contributed by atoms with Gasteiger partial charge in [0.05, 0.1) is 0 Å². The van der Waals surface area contributed by atoms with E-state index in [4.69, 9.17) is 0 Å². The lowest BCUT2D eigenvalue weighted by Crippen LogP contribution is -2.32. The Bertz CT molecular complexity index is 1030. The van der Waals surface area contributed by atoms with Crippen LogP contribution in [0.4, 0.5) is 5.69 Å². The van der Waals surface area contributed by atoms with E-state index in [1.807, 2.05) is 30.3 Å². The molecule has 28 heavy (non-hydrogen) atoms. The summed E-state index contributed by atoms with van der Waals surface area (Å²) < 4.78 is 0. The van der Waals surface area contributed by atoms with Crippen molar-refractivity contribution in [3.05, 3.63) is 88.2 Å². The fourth-order valence-corrected chi connectivity index (χ4v) is 3.64. The number of rotatable bonds is 6. The molecule has 0 atom stereocenters. The van der Waals surface area contributed by atoms with Crippen LogP contribution in [0.15, 0.2) is 71.5 Å². The fraction of sp³-hybridized carbons (Fsp3) is 0.217. The van der Waals surface area contributed by atoms with Crippen LogP contribution < -0.4 is 15.8 Å². The molecule has 2 N–H and O–H groups in total. The SMILES string of the molecule is O=C(NCCCN1CCc2ccccc21)c1ccc(-c2ccccc2)[nH]c1=O. The zero-order valence-corrected chi connectivity index (χ0v) is 15.7. The van der Waals surface area contributed by atoms with Crippen LogP contribution in [0.25, 0.3) is 11.3 Å². The summed E-state index contributed by atoms with van der Waals surface area (Å²) in [4.78, 5) is 29.8. The monoisotopic (exact) mass is 373 g/mol. The summed E-state index contributed by atoms with van der Waals surface area (Å²) in [5.74, 6) is -0.331. The number of hydrogen-bond donors (Lipinski definition) is 2. The molecule has 5 nitrogen and oxygen atoms in total. The van der Waals surface area contributed by atoms with Gasteiger partial charge in [0.25, 0.3) is 11.5 Å². The summed E-state index contributed by atoms with van der Waals surface area (Å²) in [6.45, 7) is 2.45. The van der Waals surface area contributed by atoms with Gasteiger partial charge >= 0.3 is 0 Å².